The summed E-state index contributed by atoms with van der Waals surface area (Å²) in [5.74, 6) is 0.564. The molecule has 2 aromatic rings. The average molecular weight is 277 g/mol. The minimum Gasteiger partial charge on any atom is -0.497 e. The van der Waals surface area contributed by atoms with E-state index in [0.717, 1.165) is 16.9 Å². The molecule has 0 amide bonds. The number of carboxylic acid groups (broad SMARTS) is 1. The number of rotatable bonds is 5. The van der Waals surface area contributed by atoms with E-state index in [1.54, 1.807) is 11.7 Å². The number of hydrogen-bond acceptors (Lipinski definition) is 4. The molecule has 1 atom stereocenters. The summed E-state index contributed by atoms with van der Waals surface area (Å²) in [7, 11) is 5.48. The molecule has 1 aromatic carbocycles. The Morgan fingerprint density at radius 3 is 2.75 bits per heavy atom. The second-order valence-corrected chi connectivity index (χ2v) is 4.94. The molecule has 1 N–H and O–H groups in total. The zero-order valence-electron chi connectivity index (χ0n) is 12.1. The first-order valence-corrected chi connectivity index (χ1v) is 6.36. The molecule has 0 saturated heterocycles. The van der Waals surface area contributed by atoms with Crippen LogP contribution in [0.1, 0.15) is 18.8 Å². The monoisotopic (exact) mass is 277 g/mol. The lowest BCUT2D eigenvalue weighted by atomic mass is 10.3. The molecule has 6 nitrogen and oxygen atoms in total. The molecular weight excluding hydrogens is 258 g/mol. The Hall–Kier alpha value is -2.08. The summed E-state index contributed by atoms with van der Waals surface area (Å²) in [6, 6.07) is 5.50. The van der Waals surface area contributed by atoms with Gasteiger partial charge in [0.25, 0.3) is 0 Å². The Morgan fingerprint density at radius 1 is 1.50 bits per heavy atom. The number of aliphatic carboxylic acids is 1. The van der Waals surface area contributed by atoms with Gasteiger partial charge in [0, 0.05) is 6.07 Å². The highest BCUT2D eigenvalue weighted by Crippen LogP contribution is 2.26. The fourth-order valence-corrected chi connectivity index (χ4v) is 2.11. The number of nitrogens with zero attached hydrogens (tertiary/aromatic N) is 3. The van der Waals surface area contributed by atoms with Crippen LogP contribution in [-0.4, -0.2) is 46.7 Å². The van der Waals surface area contributed by atoms with Gasteiger partial charge in [0.05, 0.1) is 24.2 Å². The second kappa shape index (κ2) is 5.50. The van der Waals surface area contributed by atoms with Crippen LogP contribution in [0.2, 0.25) is 0 Å². The van der Waals surface area contributed by atoms with Crippen LogP contribution in [-0.2, 0) is 11.3 Å². The van der Waals surface area contributed by atoms with Crippen molar-refractivity contribution in [1.82, 2.24) is 14.5 Å². The number of carboxylic acids is 1. The van der Waals surface area contributed by atoms with Gasteiger partial charge in [-0.2, -0.15) is 0 Å². The van der Waals surface area contributed by atoms with E-state index >= 15 is 0 Å². The van der Waals surface area contributed by atoms with E-state index in [4.69, 9.17) is 9.84 Å². The van der Waals surface area contributed by atoms with E-state index in [1.165, 1.54) is 0 Å². The van der Waals surface area contributed by atoms with Crippen molar-refractivity contribution >= 4 is 17.0 Å². The predicted molar refractivity (Wildman–Crippen MR) is 76.0 cm³/mol. The van der Waals surface area contributed by atoms with Crippen LogP contribution in [0.3, 0.4) is 0 Å². The fraction of sp³-hybridized carbons (Fsp3) is 0.429. The van der Waals surface area contributed by atoms with Crippen molar-refractivity contribution in [2.75, 3.05) is 21.2 Å². The van der Waals surface area contributed by atoms with Crippen molar-refractivity contribution < 1.29 is 14.6 Å². The molecule has 1 aromatic heterocycles. The SMILES string of the molecule is COc1ccc2c(c1)nc(C(C)N(C)C)n2CC(=O)O. The van der Waals surface area contributed by atoms with Gasteiger partial charge in [-0.15, -0.1) is 0 Å². The van der Waals surface area contributed by atoms with Gasteiger partial charge in [-0.05, 0) is 33.2 Å². The van der Waals surface area contributed by atoms with E-state index in [0.29, 0.717) is 5.75 Å². The molecule has 0 radical (unpaired) electrons. The summed E-state index contributed by atoms with van der Waals surface area (Å²) >= 11 is 0. The lowest BCUT2D eigenvalue weighted by Gasteiger charge is -2.20. The molecule has 6 heteroatoms. The zero-order chi connectivity index (χ0) is 14.9. The van der Waals surface area contributed by atoms with Crippen molar-refractivity contribution in [2.24, 2.45) is 0 Å². The van der Waals surface area contributed by atoms with E-state index in [1.807, 2.05) is 44.1 Å². The molecule has 0 fully saturated rings. The third-order valence-corrected chi connectivity index (χ3v) is 3.43. The highest BCUT2D eigenvalue weighted by atomic mass is 16.5. The van der Waals surface area contributed by atoms with Crippen LogP contribution in [0.25, 0.3) is 11.0 Å². The van der Waals surface area contributed by atoms with Gasteiger partial charge in [-0.1, -0.05) is 0 Å². The largest absolute Gasteiger partial charge is 0.497 e. The summed E-state index contributed by atoms with van der Waals surface area (Å²) < 4.78 is 6.92. The van der Waals surface area contributed by atoms with Crippen molar-refractivity contribution in [3.8, 4) is 5.75 Å². The Kier molecular flexibility index (Phi) is 3.94. The van der Waals surface area contributed by atoms with Crippen LogP contribution < -0.4 is 4.74 Å². The average Bonchev–Trinajstić information content (AvgIpc) is 2.74. The number of methoxy groups -OCH3 is 1. The standard InChI is InChI=1S/C14H19N3O3/c1-9(16(2)3)14-15-11-7-10(20-4)5-6-12(11)17(14)8-13(18)19/h5-7,9H,8H2,1-4H3,(H,18,19). The molecule has 0 aliphatic carbocycles. The summed E-state index contributed by atoms with van der Waals surface area (Å²) in [6.45, 7) is 1.90. The number of ether oxygens (including phenoxy) is 1. The number of carbonyl (C=O) groups is 1. The van der Waals surface area contributed by atoms with Gasteiger partial charge in [0.15, 0.2) is 0 Å². The molecule has 1 heterocycles. The molecule has 0 spiro atoms. The Bertz CT molecular complexity index is 634. The highest BCUT2D eigenvalue weighted by molar-refractivity contribution is 5.80. The molecule has 108 valence electrons. The molecule has 2 rings (SSSR count). The third-order valence-electron chi connectivity index (χ3n) is 3.43. The van der Waals surface area contributed by atoms with E-state index in [-0.39, 0.29) is 12.6 Å². The zero-order valence-corrected chi connectivity index (χ0v) is 12.1. The van der Waals surface area contributed by atoms with Gasteiger partial charge in [0.1, 0.15) is 18.1 Å². The topological polar surface area (TPSA) is 67.6 Å². The van der Waals surface area contributed by atoms with E-state index in [9.17, 15) is 4.79 Å². The molecule has 0 saturated carbocycles. The highest BCUT2D eigenvalue weighted by Gasteiger charge is 2.19. The van der Waals surface area contributed by atoms with E-state index < -0.39 is 5.97 Å². The van der Waals surface area contributed by atoms with Crippen molar-refractivity contribution in [1.29, 1.82) is 0 Å². The predicted octanol–water partition coefficient (Wildman–Crippen LogP) is 1.75. The summed E-state index contributed by atoms with van der Waals surface area (Å²) in [5, 5.41) is 9.10. The summed E-state index contributed by atoms with van der Waals surface area (Å²) in [6.07, 6.45) is 0. The fourth-order valence-electron chi connectivity index (χ4n) is 2.11. The van der Waals surface area contributed by atoms with Crippen molar-refractivity contribution in [2.45, 2.75) is 19.5 Å². The first-order valence-electron chi connectivity index (χ1n) is 6.36. The van der Waals surface area contributed by atoms with Crippen LogP contribution in [0.4, 0.5) is 0 Å². The lowest BCUT2D eigenvalue weighted by Crippen LogP contribution is -2.22. The second-order valence-electron chi connectivity index (χ2n) is 4.94. The van der Waals surface area contributed by atoms with Gasteiger partial charge in [-0.25, -0.2) is 4.98 Å². The van der Waals surface area contributed by atoms with Crippen LogP contribution in [0, 0.1) is 0 Å². The number of hydrogen-bond donors (Lipinski definition) is 1. The third kappa shape index (κ3) is 2.60. The molecule has 0 aliphatic rings. The smallest absolute Gasteiger partial charge is 0.323 e. The molecule has 20 heavy (non-hydrogen) atoms. The van der Waals surface area contributed by atoms with Gasteiger partial charge in [0.2, 0.25) is 0 Å². The van der Waals surface area contributed by atoms with E-state index in [2.05, 4.69) is 4.98 Å². The Morgan fingerprint density at radius 2 is 2.20 bits per heavy atom. The van der Waals surface area contributed by atoms with Crippen LogP contribution >= 0.6 is 0 Å². The number of benzene rings is 1. The van der Waals surface area contributed by atoms with Crippen LogP contribution in [0.15, 0.2) is 18.2 Å². The minimum atomic E-state index is -0.882. The Labute approximate surface area is 117 Å². The summed E-state index contributed by atoms with van der Waals surface area (Å²) in [4.78, 5) is 17.7. The maximum atomic E-state index is 11.1. The van der Waals surface area contributed by atoms with Crippen molar-refractivity contribution in [3.05, 3.63) is 24.0 Å². The minimum absolute atomic E-state index is 0.0211. The maximum absolute atomic E-state index is 11.1. The van der Waals surface area contributed by atoms with Gasteiger partial charge < -0.3 is 14.4 Å². The Balaban J connectivity index is 2.62. The number of fused-ring (bicyclic) bond motifs is 1. The molecular formula is C14H19N3O3. The quantitative estimate of drug-likeness (QED) is 0.902. The number of aromatic nitrogens is 2. The van der Waals surface area contributed by atoms with Crippen molar-refractivity contribution in [3.63, 3.8) is 0 Å². The first-order chi connectivity index (χ1) is 9.43. The molecule has 0 aliphatic heterocycles. The summed E-state index contributed by atoms with van der Waals surface area (Å²) in [5.41, 5.74) is 1.55. The van der Waals surface area contributed by atoms with Gasteiger partial charge >= 0.3 is 5.97 Å². The van der Waals surface area contributed by atoms with Gasteiger partial charge in [-0.3, -0.25) is 9.69 Å². The first kappa shape index (κ1) is 14.3. The number of imidazole rings is 1. The molecule has 1 unspecified atom stereocenters. The normalized spacial score (nSPS) is 12.8. The van der Waals surface area contributed by atoms with Crippen LogP contribution in [0.5, 0.6) is 5.75 Å². The maximum Gasteiger partial charge on any atom is 0.323 e. The molecule has 0 bridgehead atoms. The lowest BCUT2D eigenvalue weighted by molar-refractivity contribution is -0.137.